The molecule has 0 aliphatic carbocycles. The van der Waals surface area contributed by atoms with Gasteiger partial charge in [0.25, 0.3) is 0 Å². The minimum absolute atomic E-state index is 0.158. The van der Waals surface area contributed by atoms with Crippen molar-refractivity contribution in [1.82, 2.24) is 10.6 Å². The van der Waals surface area contributed by atoms with E-state index >= 15 is 0 Å². The topological polar surface area (TPSA) is 67.4 Å². The molecule has 3 atom stereocenters. The third kappa shape index (κ3) is 3.74. The van der Waals surface area contributed by atoms with E-state index in [1.807, 2.05) is 48.6 Å². The molecule has 0 bridgehead atoms. The van der Waals surface area contributed by atoms with Gasteiger partial charge in [-0.15, -0.1) is 0 Å². The average molecular weight is 418 g/mol. The fourth-order valence-electron chi connectivity index (χ4n) is 3.93. The quantitative estimate of drug-likeness (QED) is 0.740. The van der Waals surface area contributed by atoms with E-state index in [1.165, 1.54) is 0 Å². The molecule has 5 nitrogen and oxygen atoms in total. The molecule has 2 heterocycles. The van der Waals surface area contributed by atoms with Crippen molar-refractivity contribution >= 4 is 11.8 Å². The first-order valence-corrected chi connectivity index (χ1v) is 9.85. The second-order valence-corrected chi connectivity index (χ2v) is 7.54. The van der Waals surface area contributed by atoms with Crippen LogP contribution in [0.4, 0.5) is 13.2 Å². The lowest BCUT2D eigenvalue weighted by Gasteiger charge is -2.33. The maximum absolute atomic E-state index is 12.9. The minimum atomic E-state index is -4.52. The van der Waals surface area contributed by atoms with Crippen molar-refractivity contribution in [3.8, 4) is 11.5 Å². The molecule has 0 aromatic heterocycles. The Hall–Kier alpha value is -3.03. The van der Waals surface area contributed by atoms with Gasteiger partial charge in [-0.3, -0.25) is 9.59 Å². The van der Waals surface area contributed by atoms with Crippen LogP contribution >= 0.6 is 0 Å². The molecule has 2 amide bonds. The van der Waals surface area contributed by atoms with Crippen LogP contribution in [0.1, 0.15) is 42.5 Å². The lowest BCUT2D eigenvalue weighted by Crippen LogP contribution is -2.54. The SMILES string of the molecule is CCc1ccc2c(c1)Oc1ccccc1C2NC(=O)C1CCC(C(F)(F)F)NC1=O. The Morgan fingerprint density at radius 2 is 1.87 bits per heavy atom. The zero-order valence-corrected chi connectivity index (χ0v) is 16.3. The molecule has 30 heavy (non-hydrogen) atoms. The highest BCUT2D eigenvalue weighted by atomic mass is 19.4. The van der Waals surface area contributed by atoms with E-state index in [-0.39, 0.29) is 12.8 Å². The summed E-state index contributed by atoms with van der Waals surface area (Å²) in [5.41, 5.74) is 2.54. The minimum Gasteiger partial charge on any atom is -0.457 e. The summed E-state index contributed by atoms with van der Waals surface area (Å²) in [5.74, 6) is -1.46. The fourth-order valence-corrected chi connectivity index (χ4v) is 3.93. The number of nitrogens with one attached hydrogen (secondary N) is 2. The smallest absolute Gasteiger partial charge is 0.408 e. The van der Waals surface area contributed by atoms with Gasteiger partial charge in [0, 0.05) is 11.1 Å². The number of fused-ring (bicyclic) bond motifs is 2. The molecule has 1 saturated heterocycles. The second-order valence-electron chi connectivity index (χ2n) is 7.54. The van der Waals surface area contributed by atoms with E-state index in [0.29, 0.717) is 11.5 Å². The summed E-state index contributed by atoms with van der Waals surface area (Å²) in [6.07, 6.45) is -4.19. The van der Waals surface area contributed by atoms with Crippen molar-refractivity contribution in [2.45, 2.75) is 44.4 Å². The number of amides is 2. The number of hydrogen-bond donors (Lipinski definition) is 2. The van der Waals surface area contributed by atoms with Crippen molar-refractivity contribution in [3.05, 3.63) is 59.2 Å². The highest BCUT2D eigenvalue weighted by molar-refractivity contribution is 6.01. The largest absolute Gasteiger partial charge is 0.457 e. The molecule has 2 aliphatic rings. The van der Waals surface area contributed by atoms with Crippen LogP contribution in [0.5, 0.6) is 11.5 Å². The first kappa shape index (κ1) is 20.3. The summed E-state index contributed by atoms with van der Waals surface area (Å²) in [6.45, 7) is 2.02. The Labute approximate surface area is 171 Å². The van der Waals surface area contributed by atoms with Gasteiger partial charge < -0.3 is 15.4 Å². The third-order valence-electron chi connectivity index (χ3n) is 5.62. The van der Waals surface area contributed by atoms with Crippen LogP contribution in [0.2, 0.25) is 0 Å². The number of rotatable bonds is 3. The Morgan fingerprint density at radius 3 is 2.57 bits per heavy atom. The van der Waals surface area contributed by atoms with Crippen LogP contribution in [-0.2, 0) is 16.0 Å². The number of aryl methyl sites for hydroxylation is 1. The number of carbonyl (C=O) groups is 2. The van der Waals surface area contributed by atoms with E-state index in [1.54, 1.807) is 6.07 Å². The fraction of sp³-hybridized carbons (Fsp3) is 0.364. The van der Waals surface area contributed by atoms with Gasteiger partial charge >= 0.3 is 6.18 Å². The third-order valence-corrected chi connectivity index (χ3v) is 5.62. The molecule has 0 radical (unpaired) electrons. The molecule has 3 unspecified atom stereocenters. The molecule has 2 N–H and O–H groups in total. The standard InChI is InChI=1S/C22H21F3N2O3/c1-2-12-7-8-14-17(11-12)30-16-6-4-3-5-13(16)19(14)27-21(29)15-9-10-18(22(23,24)25)26-20(15)28/h3-8,11,15,18-19H,2,9-10H2,1H3,(H,26,28)(H,27,29). The average Bonchev–Trinajstić information content (AvgIpc) is 2.72. The van der Waals surface area contributed by atoms with Gasteiger partial charge in [-0.25, -0.2) is 0 Å². The van der Waals surface area contributed by atoms with Crippen LogP contribution in [0.15, 0.2) is 42.5 Å². The predicted octanol–water partition coefficient (Wildman–Crippen LogP) is 4.02. The van der Waals surface area contributed by atoms with Crippen molar-refractivity contribution < 1.29 is 27.5 Å². The molecule has 8 heteroatoms. The van der Waals surface area contributed by atoms with Crippen molar-refractivity contribution in [2.24, 2.45) is 5.92 Å². The Morgan fingerprint density at radius 1 is 1.13 bits per heavy atom. The number of para-hydroxylation sites is 1. The first-order valence-electron chi connectivity index (χ1n) is 9.85. The highest BCUT2D eigenvalue weighted by Crippen LogP contribution is 2.43. The van der Waals surface area contributed by atoms with E-state index in [9.17, 15) is 22.8 Å². The van der Waals surface area contributed by atoms with Gasteiger partial charge in [0.05, 0.1) is 6.04 Å². The lowest BCUT2D eigenvalue weighted by atomic mass is 9.90. The molecule has 4 rings (SSSR count). The Balaban J connectivity index is 1.59. The van der Waals surface area contributed by atoms with Gasteiger partial charge in [0.15, 0.2) is 0 Å². The maximum atomic E-state index is 12.9. The number of carbonyl (C=O) groups excluding carboxylic acids is 2. The number of hydrogen-bond acceptors (Lipinski definition) is 3. The molecule has 0 spiro atoms. The summed E-state index contributed by atoms with van der Waals surface area (Å²) >= 11 is 0. The Bertz CT molecular complexity index is 990. The van der Waals surface area contributed by atoms with Crippen LogP contribution in [-0.4, -0.2) is 24.0 Å². The normalized spacial score (nSPS) is 22.9. The first-order chi connectivity index (χ1) is 14.3. The summed E-state index contributed by atoms with van der Waals surface area (Å²) in [6, 6.07) is 10.5. The molecule has 1 fully saturated rings. The van der Waals surface area contributed by atoms with Crippen molar-refractivity contribution in [2.75, 3.05) is 0 Å². The van der Waals surface area contributed by atoms with Crippen LogP contribution in [0.3, 0.4) is 0 Å². The van der Waals surface area contributed by atoms with Crippen molar-refractivity contribution in [1.29, 1.82) is 0 Å². The van der Waals surface area contributed by atoms with Crippen LogP contribution < -0.4 is 15.4 Å². The summed E-state index contributed by atoms with van der Waals surface area (Å²) in [4.78, 5) is 25.1. The molecule has 2 aliphatic heterocycles. The highest BCUT2D eigenvalue weighted by Gasteiger charge is 2.46. The van der Waals surface area contributed by atoms with E-state index in [2.05, 4.69) is 5.32 Å². The summed E-state index contributed by atoms with van der Waals surface area (Å²) in [5, 5.41) is 4.79. The van der Waals surface area contributed by atoms with Gasteiger partial charge in [-0.1, -0.05) is 37.3 Å². The monoisotopic (exact) mass is 418 g/mol. The maximum Gasteiger partial charge on any atom is 0.408 e. The van der Waals surface area contributed by atoms with Gasteiger partial charge in [0.2, 0.25) is 11.8 Å². The second kappa shape index (κ2) is 7.66. The number of ether oxygens (including phenoxy) is 1. The summed E-state index contributed by atoms with van der Waals surface area (Å²) in [7, 11) is 0. The molecule has 158 valence electrons. The lowest BCUT2D eigenvalue weighted by molar-refractivity contribution is -0.171. The number of piperidine rings is 1. The van der Waals surface area contributed by atoms with Gasteiger partial charge in [-0.2, -0.15) is 13.2 Å². The van der Waals surface area contributed by atoms with Gasteiger partial charge in [-0.05, 0) is 37.0 Å². The zero-order valence-electron chi connectivity index (χ0n) is 16.3. The Kier molecular flexibility index (Phi) is 5.17. The number of benzene rings is 2. The molecular formula is C22H21F3N2O3. The molecule has 2 aromatic rings. The number of halogens is 3. The van der Waals surface area contributed by atoms with Gasteiger partial charge in [0.1, 0.15) is 23.5 Å². The zero-order chi connectivity index (χ0) is 21.5. The predicted molar refractivity (Wildman–Crippen MR) is 103 cm³/mol. The van der Waals surface area contributed by atoms with Crippen molar-refractivity contribution in [3.63, 3.8) is 0 Å². The van der Waals surface area contributed by atoms with E-state index in [4.69, 9.17) is 4.74 Å². The number of alkyl halides is 3. The molecule has 0 saturated carbocycles. The van der Waals surface area contributed by atoms with E-state index in [0.717, 1.165) is 23.1 Å². The molecular weight excluding hydrogens is 397 g/mol. The van der Waals surface area contributed by atoms with Crippen LogP contribution in [0.25, 0.3) is 0 Å². The van der Waals surface area contributed by atoms with E-state index < -0.39 is 36.0 Å². The summed E-state index contributed by atoms with van der Waals surface area (Å²) < 4.78 is 44.6. The van der Waals surface area contributed by atoms with Crippen LogP contribution in [0, 0.1) is 5.92 Å². The molecule has 2 aromatic carbocycles.